The van der Waals surface area contributed by atoms with E-state index in [9.17, 15) is 26.4 Å². The molecule has 0 saturated carbocycles. The van der Waals surface area contributed by atoms with Crippen molar-refractivity contribution in [1.29, 1.82) is 0 Å². The summed E-state index contributed by atoms with van der Waals surface area (Å²) in [7, 11) is -8.83. The summed E-state index contributed by atoms with van der Waals surface area (Å²) in [5.41, 5.74) is 5.92. The Balaban J connectivity index is 1.72. The van der Waals surface area contributed by atoms with Crippen LogP contribution in [-0.4, -0.2) is 91.0 Å². The number of amidine groups is 1. The lowest BCUT2D eigenvalue weighted by Gasteiger charge is -2.31. The highest BCUT2D eigenvalue weighted by Crippen LogP contribution is 2.31. The first-order valence-electron chi connectivity index (χ1n) is 9.00. The topological polar surface area (TPSA) is 180 Å². The van der Waals surface area contributed by atoms with Crippen LogP contribution in [0.2, 0.25) is 0 Å². The molecule has 3 saturated heterocycles. The van der Waals surface area contributed by atoms with Crippen LogP contribution in [-0.2, 0) is 29.5 Å². The second-order valence-electron chi connectivity index (χ2n) is 7.25. The normalized spacial score (nSPS) is 26.9. The Bertz CT molecular complexity index is 926. The third-order valence-electron chi connectivity index (χ3n) is 5.38. The highest BCUT2D eigenvalue weighted by atomic mass is 32.3. The number of sulfonamides is 1. The number of likely N-dealkylation sites (tertiary alicyclic amines) is 1. The minimum absolute atomic E-state index is 0.0618. The Morgan fingerprint density at radius 3 is 2.34 bits per heavy atom. The fraction of sp³-hybridized carbons (Fsp3) is 0.786. The molecule has 2 bridgehead atoms. The first-order chi connectivity index (χ1) is 13.4. The lowest BCUT2D eigenvalue weighted by molar-refractivity contribution is -0.129. The quantitative estimate of drug-likeness (QED) is 0.290. The third kappa shape index (κ3) is 4.62. The molecule has 3 N–H and O–H groups in total. The fourth-order valence-corrected chi connectivity index (χ4v) is 5.65. The summed E-state index contributed by atoms with van der Waals surface area (Å²) < 4.78 is 64.0. The molecule has 15 heteroatoms. The van der Waals surface area contributed by atoms with Crippen LogP contribution in [0.1, 0.15) is 32.6 Å². The maximum Gasteiger partial charge on any atom is 0.418 e. The average Bonchev–Trinajstić information content (AvgIpc) is 2.85. The van der Waals surface area contributed by atoms with Crippen molar-refractivity contribution in [2.75, 3.05) is 19.6 Å². The maximum absolute atomic E-state index is 12.6. The van der Waals surface area contributed by atoms with Gasteiger partial charge in [-0.25, -0.2) is 13.2 Å². The van der Waals surface area contributed by atoms with Gasteiger partial charge in [0.2, 0.25) is 5.91 Å². The summed E-state index contributed by atoms with van der Waals surface area (Å²) in [5, 5.41) is -0.226. The predicted octanol–water partition coefficient (Wildman–Crippen LogP) is -1.31. The Morgan fingerprint density at radius 2 is 1.79 bits per heavy atom. The first kappa shape index (κ1) is 21.7. The molecule has 0 radical (unpaired) electrons. The predicted molar refractivity (Wildman–Crippen MR) is 99.2 cm³/mol. The molecule has 0 aromatic rings. The van der Waals surface area contributed by atoms with Crippen LogP contribution in [0.15, 0.2) is 4.40 Å². The van der Waals surface area contributed by atoms with Crippen molar-refractivity contribution in [3.63, 3.8) is 0 Å². The maximum atomic E-state index is 12.6. The van der Waals surface area contributed by atoms with Gasteiger partial charge in [0.1, 0.15) is 5.84 Å². The van der Waals surface area contributed by atoms with Crippen molar-refractivity contribution >= 4 is 38.2 Å². The molecule has 0 aliphatic carbocycles. The lowest BCUT2D eigenvalue weighted by Crippen LogP contribution is -2.49. The summed E-state index contributed by atoms with van der Waals surface area (Å²) in [4.78, 5) is 26.5. The van der Waals surface area contributed by atoms with E-state index in [1.54, 1.807) is 4.90 Å². The van der Waals surface area contributed by atoms with E-state index < -0.39 is 43.8 Å². The minimum Gasteiger partial charge on any atom is -0.385 e. The molecule has 0 aromatic carbocycles. The summed E-state index contributed by atoms with van der Waals surface area (Å²) in [5.74, 6) is -0.385. The van der Waals surface area contributed by atoms with Crippen LogP contribution in [0.4, 0.5) is 4.79 Å². The molecule has 3 heterocycles. The number of carbonyl (C=O) groups is 2. The van der Waals surface area contributed by atoms with Crippen molar-refractivity contribution in [3.8, 4) is 0 Å². The second-order valence-corrected chi connectivity index (χ2v) is 10.1. The number of urea groups is 1. The van der Waals surface area contributed by atoms with Crippen molar-refractivity contribution in [3.05, 3.63) is 0 Å². The standard InChI is InChI=1S/C14H23N5O8S2/c1-9(20)17-6-4-11(5-7-17)28(22,23)16-13(15)12-3-2-10-8-18(12)14(21)19(10)27-29(24,25)26/h10-12H,2-8H2,1H3,(H2,15,16)(H,24,25,26)/t10-,12+/m1/s1. The molecule has 3 fully saturated rings. The van der Waals surface area contributed by atoms with E-state index in [-0.39, 0.29) is 44.0 Å². The van der Waals surface area contributed by atoms with Gasteiger partial charge in [-0.3, -0.25) is 9.35 Å². The number of nitrogens with two attached hydrogens (primary N) is 1. The highest BCUT2D eigenvalue weighted by Gasteiger charge is 2.48. The van der Waals surface area contributed by atoms with E-state index in [0.29, 0.717) is 18.2 Å². The average molecular weight is 453 g/mol. The smallest absolute Gasteiger partial charge is 0.385 e. The Kier molecular flexibility index (Phi) is 5.77. The van der Waals surface area contributed by atoms with Crippen LogP contribution in [0.5, 0.6) is 0 Å². The number of nitrogens with zero attached hydrogens (tertiary/aromatic N) is 4. The number of amides is 3. The molecule has 0 unspecified atom stereocenters. The van der Waals surface area contributed by atoms with Crippen molar-refractivity contribution in [2.24, 2.45) is 10.1 Å². The van der Waals surface area contributed by atoms with Gasteiger partial charge < -0.3 is 15.5 Å². The summed E-state index contributed by atoms with van der Waals surface area (Å²) in [6.07, 6.45) is 1.03. The molecule has 2 atom stereocenters. The zero-order valence-corrected chi connectivity index (χ0v) is 17.3. The lowest BCUT2D eigenvalue weighted by atomic mass is 10.0. The zero-order chi connectivity index (χ0) is 21.6. The summed E-state index contributed by atoms with van der Waals surface area (Å²) >= 11 is 0. The Labute approximate surface area is 168 Å². The Hall–Kier alpha value is -1.97. The van der Waals surface area contributed by atoms with Gasteiger partial charge in [0.25, 0.3) is 10.0 Å². The molecule has 13 nitrogen and oxygen atoms in total. The van der Waals surface area contributed by atoms with Crippen LogP contribution < -0.4 is 5.73 Å². The largest absolute Gasteiger partial charge is 0.418 e. The van der Waals surface area contributed by atoms with Gasteiger partial charge in [0, 0.05) is 26.6 Å². The Morgan fingerprint density at radius 1 is 1.17 bits per heavy atom. The third-order valence-corrected chi connectivity index (χ3v) is 7.51. The molecule has 3 rings (SSSR count). The van der Waals surface area contributed by atoms with E-state index in [0.717, 1.165) is 0 Å². The number of carbonyl (C=O) groups excluding carboxylic acids is 2. The number of piperidine rings is 2. The molecule has 29 heavy (non-hydrogen) atoms. The van der Waals surface area contributed by atoms with Gasteiger partial charge in [-0.2, -0.15) is 13.5 Å². The minimum atomic E-state index is -4.88. The number of fused-ring (bicyclic) bond motifs is 2. The second kappa shape index (κ2) is 7.70. The fourth-order valence-electron chi connectivity index (χ4n) is 3.89. The van der Waals surface area contributed by atoms with Crippen LogP contribution >= 0.6 is 0 Å². The van der Waals surface area contributed by atoms with Crippen LogP contribution in [0, 0.1) is 0 Å². The molecule has 3 amide bonds. The number of hydrogen-bond donors (Lipinski definition) is 2. The van der Waals surface area contributed by atoms with Gasteiger partial charge in [0.05, 0.1) is 17.3 Å². The number of hydroxylamine groups is 2. The van der Waals surface area contributed by atoms with Crippen molar-refractivity contribution < 1.29 is 35.3 Å². The number of hydrogen-bond acceptors (Lipinski definition) is 7. The van der Waals surface area contributed by atoms with Crippen molar-refractivity contribution in [2.45, 2.75) is 49.9 Å². The van der Waals surface area contributed by atoms with Gasteiger partial charge in [-0.05, 0) is 25.7 Å². The molecule has 3 aliphatic rings. The molecule has 3 aliphatic heterocycles. The van der Waals surface area contributed by atoms with E-state index in [1.807, 2.05) is 0 Å². The van der Waals surface area contributed by atoms with Gasteiger partial charge in [0.15, 0.2) is 0 Å². The first-order valence-corrected chi connectivity index (χ1v) is 11.9. The van der Waals surface area contributed by atoms with Gasteiger partial charge in [-0.1, -0.05) is 0 Å². The zero-order valence-electron chi connectivity index (χ0n) is 15.7. The van der Waals surface area contributed by atoms with Crippen LogP contribution in [0.25, 0.3) is 0 Å². The van der Waals surface area contributed by atoms with Crippen LogP contribution in [0.3, 0.4) is 0 Å². The number of rotatable bonds is 5. The van der Waals surface area contributed by atoms with E-state index >= 15 is 0 Å². The van der Waals surface area contributed by atoms with Gasteiger partial charge >= 0.3 is 16.4 Å². The summed E-state index contributed by atoms with van der Waals surface area (Å²) in [6.45, 7) is 2.11. The van der Waals surface area contributed by atoms with E-state index in [4.69, 9.17) is 10.3 Å². The molecule has 0 aromatic heterocycles. The van der Waals surface area contributed by atoms with Crippen molar-refractivity contribution in [1.82, 2.24) is 14.9 Å². The van der Waals surface area contributed by atoms with E-state index in [2.05, 4.69) is 8.68 Å². The molecular formula is C14H23N5O8S2. The monoisotopic (exact) mass is 453 g/mol. The summed E-state index contributed by atoms with van der Waals surface area (Å²) in [6, 6.07) is -2.29. The SMILES string of the molecule is CC(=O)N1CCC(S(=O)(=O)N=C(N)[C@@H]2CC[C@@H]3CN2C(=O)N3OS(=O)(=O)O)CC1. The van der Waals surface area contributed by atoms with Gasteiger partial charge in [-0.15, -0.1) is 8.68 Å². The van der Waals surface area contributed by atoms with E-state index in [1.165, 1.54) is 11.8 Å². The highest BCUT2D eigenvalue weighted by molar-refractivity contribution is 7.90. The molecule has 0 spiro atoms. The molecular weight excluding hydrogens is 430 g/mol. The molecule has 164 valence electrons.